The lowest BCUT2D eigenvalue weighted by Crippen LogP contribution is -2.40. The summed E-state index contributed by atoms with van der Waals surface area (Å²) in [5.74, 6) is 0.401. The molecule has 3 aromatic rings. The smallest absolute Gasteiger partial charge is 0.253 e. The SMILES string of the molecule is O=C(c1ccc2nccnc2c1)N1CCC(Cn2cnccc2=O)CC1. The molecule has 7 heteroatoms. The standard InChI is InChI=1S/C19H19N5O2/c25-18-3-6-20-13-24(18)12-14-4-9-23(10-5-14)19(26)15-1-2-16-17(11-15)22-8-7-21-16/h1-3,6-8,11,13-14H,4-5,9-10,12H2. The van der Waals surface area contributed by atoms with E-state index in [0.29, 0.717) is 31.1 Å². The third kappa shape index (κ3) is 3.33. The minimum atomic E-state index is -0.0317. The quantitative estimate of drug-likeness (QED) is 0.719. The van der Waals surface area contributed by atoms with Gasteiger partial charge >= 0.3 is 0 Å². The Morgan fingerprint density at radius 2 is 1.81 bits per heavy atom. The van der Waals surface area contributed by atoms with Crippen LogP contribution in [0.3, 0.4) is 0 Å². The van der Waals surface area contributed by atoms with E-state index < -0.39 is 0 Å². The molecule has 1 saturated heterocycles. The number of aromatic nitrogens is 4. The van der Waals surface area contributed by atoms with Gasteiger partial charge in [0.1, 0.15) is 0 Å². The molecule has 1 aliphatic rings. The van der Waals surface area contributed by atoms with E-state index in [1.807, 2.05) is 11.0 Å². The van der Waals surface area contributed by atoms with E-state index in [4.69, 9.17) is 0 Å². The summed E-state index contributed by atoms with van der Waals surface area (Å²) in [7, 11) is 0. The lowest BCUT2D eigenvalue weighted by atomic mass is 9.96. The predicted octanol–water partition coefficient (Wildman–Crippen LogP) is 1.74. The fourth-order valence-electron chi connectivity index (χ4n) is 3.39. The number of hydrogen-bond donors (Lipinski definition) is 0. The highest BCUT2D eigenvalue weighted by Crippen LogP contribution is 2.21. The third-order valence-electron chi connectivity index (χ3n) is 4.87. The molecular weight excluding hydrogens is 330 g/mol. The highest BCUT2D eigenvalue weighted by Gasteiger charge is 2.24. The molecule has 1 amide bonds. The molecule has 26 heavy (non-hydrogen) atoms. The molecule has 2 aromatic heterocycles. The highest BCUT2D eigenvalue weighted by atomic mass is 16.2. The van der Waals surface area contributed by atoms with Gasteiger partial charge < -0.3 is 4.90 Å². The van der Waals surface area contributed by atoms with E-state index in [9.17, 15) is 9.59 Å². The number of carbonyl (C=O) groups is 1. The zero-order valence-electron chi connectivity index (χ0n) is 14.3. The monoisotopic (exact) mass is 349 g/mol. The van der Waals surface area contributed by atoms with E-state index in [-0.39, 0.29) is 11.5 Å². The number of nitrogens with zero attached hydrogens (tertiary/aromatic N) is 5. The average Bonchev–Trinajstić information content (AvgIpc) is 2.69. The molecular formula is C19H19N5O2. The second kappa shape index (κ2) is 7.03. The van der Waals surface area contributed by atoms with Crippen LogP contribution in [-0.2, 0) is 6.54 Å². The molecule has 4 rings (SSSR count). The highest BCUT2D eigenvalue weighted by molar-refractivity contribution is 5.97. The van der Waals surface area contributed by atoms with Gasteiger partial charge in [0.05, 0.1) is 17.4 Å². The largest absolute Gasteiger partial charge is 0.339 e. The molecule has 0 radical (unpaired) electrons. The Morgan fingerprint density at radius 1 is 1.04 bits per heavy atom. The van der Waals surface area contributed by atoms with E-state index in [2.05, 4.69) is 15.0 Å². The molecule has 0 unspecified atom stereocenters. The fraction of sp³-hybridized carbons (Fsp3) is 0.316. The Bertz CT molecular complexity index is 992. The van der Waals surface area contributed by atoms with Crippen molar-refractivity contribution >= 4 is 16.9 Å². The number of benzene rings is 1. The molecule has 0 spiro atoms. The molecule has 1 aromatic carbocycles. The van der Waals surface area contributed by atoms with Gasteiger partial charge in [-0.2, -0.15) is 0 Å². The van der Waals surface area contributed by atoms with Gasteiger partial charge in [0.15, 0.2) is 0 Å². The van der Waals surface area contributed by atoms with Crippen molar-refractivity contribution in [3.8, 4) is 0 Å². The average molecular weight is 349 g/mol. The van der Waals surface area contributed by atoms with Crippen molar-refractivity contribution in [1.29, 1.82) is 0 Å². The Balaban J connectivity index is 1.41. The Labute approximate surface area is 150 Å². The number of carbonyl (C=O) groups excluding carboxylic acids is 1. The molecule has 0 aliphatic carbocycles. The summed E-state index contributed by atoms with van der Waals surface area (Å²) >= 11 is 0. The number of rotatable bonds is 3. The fourth-order valence-corrected chi connectivity index (χ4v) is 3.39. The summed E-state index contributed by atoms with van der Waals surface area (Å²) in [6.45, 7) is 2.04. The molecule has 0 N–H and O–H groups in total. The first-order valence-corrected chi connectivity index (χ1v) is 8.71. The van der Waals surface area contributed by atoms with Crippen LogP contribution in [-0.4, -0.2) is 43.4 Å². The second-order valence-electron chi connectivity index (χ2n) is 6.57. The van der Waals surface area contributed by atoms with Crippen LogP contribution in [0, 0.1) is 5.92 Å². The molecule has 132 valence electrons. The topological polar surface area (TPSA) is 81.0 Å². The molecule has 3 heterocycles. The van der Waals surface area contributed by atoms with Crippen molar-refractivity contribution in [3.05, 3.63) is 65.1 Å². The van der Waals surface area contributed by atoms with Crippen molar-refractivity contribution in [2.75, 3.05) is 13.1 Å². The lowest BCUT2D eigenvalue weighted by molar-refractivity contribution is 0.0682. The second-order valence-corrected chi connectivity index (χ2v) is 6.57. The van der Waals surface area contributed by atoms with Crippen LogP contribution >= 0.6 is 0 Å². The summed E-state index contributed by atoms with van der Waals surface area (Å²) in [5, 5.41) is 0. The van der Waals surface area contributed by atoms with E-state index in [1.54, 1.807) is 35.4 Å². The van der Waals surface area contributed by atoms with E-state index in [1.165, 1.54) is 12.3 Å². The van der Waals surface area contributed by atoms with Gasteiger partial charge in [0.25, 0.3) is 11.5 Å². The maximum absolute atomic E-state index is 12.8. The molecule has 7 nitrogen and oxygen atoms in total. The number of hydrogen-bond acceptors (Lipinski definition) is 5. The summed E-state index contributed by atoms with van der Waals surface area (Å²) in [5.41, 5.74) is 2.12. The van der Waals surface area contributed by atoms with E-state index >= 15 is 0 Å². The van der Waals surface area contributed by atoms with Gasteiger partial charge in [0.2, 0.25) is 0 Å². The van der Waals surface area contributed by atoms with Gasteiger partial charge in [-0.15, -0.1) is 0 Å². The first kappa shape index (κ1) is 16.4. The molecule has 1 fully saturated rings. The number of likely N-dealkylation sites (tertiary alicyclic amines) is 1. The van der Waals surface area contributed by atoms with Crippen molar-refractivity contribution in [1.82, 2.24) is 24.4 Å². The van der Waals surface area contributed by atoms with Gasteiger partial charge in [-0.3, -0.25) is 24.1 Å². The van der Waals surface area contributed by atoms with Crippen LogP contribution in [0.5, 0.6) is 0 Å². The van der Waals surface area contributed by atoms with Crippen LogP contribution in [0.4, 0.5) is 0 Å². The first-order chi connectivity index (χ1) is 12.7. The van der Waals surface area contributed by atoms with Gasteiger partial charge in [-0.05, 0) is 37.0 Å². The van der Waals surface area contributed by atoms with Gasteiger partial charge in [0, 0.05) is 49.9 Å². The molecule has 0 atom stereocenters. The zero-order chi connectivity index (χ0) is 17.9. The number of fused-ring (bicyclic) bond motifs is 1. The number of piperidine rings is 1. The first-order valence-electron chi connectivity index (χ1n) is 8.71. The Kier molecular flexibility index (Phi) is 4.43. The van der Waals surface area contributed by atoms with Crippen LogP contribution in [0.25, 0.3) is 11.0 Å². The minimum Gasteiger partial charge on any atom is -0.339 e. The van der Waals surface area contributed by atoms with Crippen LogP contribution < -0.4 is 5.56 Å². The lowest BCUT2D eigenvalue weighted by Gasteiger charge is -2.32. The normalized spacial score (nSPS) is 15.3. The summed E-state index contributed by atoms with van der Waals surface area (Å²) < 4.78 is 1.64. The molecule has 1 aliphatic heterocycles. The number of amides is 1. The van der Waals surface area contributed by atoms with Crippen LogP contribution in [0.15, 0.2) is 54.0 Å². The van der Waals surface area contributed by atoms with Crippen molar-refractivity contribution in [2.24, 2.45) is 5.92 Å². The van der Waals surface area contributed by atoms with Crippen molar-refractivity contribution < 1.29 is 4.79 Å². The third-order valence-corrected chi connectivity index (χ3v) is 4.87. The van der Waals surface area contributed by atoms with Crippen LogP contribution in [0.1, 0.15) is 23.2 Å². The van der Waals surface area contributed by atoms with Gasteiger partial charge in [-0.1, -0.05) is 0 Å². The summed E-state index contributed by atoms with van der Waals surface area (Å²) in [6.07, 6.45) is 8.11. The van der Waals surface area contributed by atoms with Crippen LogP contribution in [0.2, 0.25) is 0 Å². The van der Waals surface area contributed by atoms with Crippen molar-refractivity contribution in [3.63, 3.8) is 0 Å². The van der Waals surface area contributed by atoms with E-state index in [0.717, 1.165) is 23.9 Å². The summed E-state index contributed by atoms with van der Waals surface area (Å²) in [4.78, 5) is 39.0. The maximum Gasteiger partial charge on any atom is 0.253 e. The Hall–Kier alpha value is -3.09. The summed E-state index contributed by atoms with van der Waals surface area (Å²) in [6, 6.07) is 6.91. The minimum absolute atomic E-state index is 0.0227. The predicted molar refractivity (Wildman–Crippen MR) is 96.7 cm³/mol. The molecule has 0 saturated carbocycles. The Morgan fingerprint density at radius 3 is 2.58 bits per heavy atom. The van der Waals surface area contributed by atoms with Crippen molar-refractivity contribution in [2.45, 2.75) is 19.4 Å². The maximum atomic E-state index is 12.8. The van der Waals surface area contributed by atoms with Gasteiger partial charge in [-0.25, -0.2) is 4.98 Å². The molecule has 0 bridgehead atoms. The zero-order valence-corrected chi connectivity index (χ0v) is 14.3.